The summed E-state index contributed by atoms with van der Waals surface area (Å²) in [6.45, 7) is 0.545. The van der Waals surface area contributed by atoms with E-state index < -0.39 is 5.82 Å². The minimum Gasteiger partial charge on any atom is -0.409 e. The minimum absolute atomic E-state index is 0.153. The number of hydrogen-bond acceptors (Lipinski definition) is 3. The predicted molar refractivity (Wildman–Crippen MR) is 72.6 cm³/mol. The van der Waals surface area contributed by atoms with Gasteiger partial charge < -0.3 is 10.9 Å². The molecule has 19 heavy (non-hydrogen) atoms. The van der Waals surface area contributed by atoms with Gasteiger partial charge in [0.1, 0.15) is 5.82 Å². The van der Waals surface area contributed by atoms with Gasteiger partial charge >= 0.3 is 0 Å². The molecule has 0 bridgehead atoms. The number of halogens is 1. The zero-order valence-electron chi connectivity index (χ0n) is 11.1. The number of oxime groups is 1. The Kier molecular flexibility index (Phi) is 4.37. The van der Waals surface area contributed by atoms with Crippen LogP contribution in [0.25, 0.3) is 0 Å². The molecule has 1 aliphatic carbocycles. The topological polar surface area (TPSA) is 61.8 Å². The van der Waals surface area contributed by atoms with E-state index >= 15 is 0 Å². The molecule has 1 aromatic carbocycles. The monoisotopic (exact) mass is 265 g/mol. The highest BCUT2D eigenvalue weighted by Gasteiger charge is 2.21. The normalized spacial score (nSPS) is 17.3. The number of hydrogen-bond donors (Lipinski definition) is 2. The van der Waals surface area contributed by atoms with E-state index in [1.807, 2.05) is 7.05 Å². The van der Waals surface area contributed by atoms with E-state index in [4.69, 9.17) is 10.9 Å². The number of nitrogens with two attached hydrogens (primary N) is 1. The molecule has 1 fully saturated rings. The molecule has 1 aromatic rings. The van der Waals surface area contributed by atoms with Crippen molar-refractivity contribution in [3.05, 3.63) is 35.1 Å². The van der Waals surface area contributed by atoms with Gasteiger partial charge in [0.25, 0.3) is 0 Å². The molecule has 0 atom stereocenters. The summed E-state index contributed by atoms with van der Waals surface area (Å²) in [6.07, 6.45) is 4.86. The highest BCUT2D eigenvalue weighted by Crippen LogP contribution is 2.24. The van der Waals surface area contributed by atoms with Gasteiger partial charge in [0.15, 0.2) is 5.84 Å². The lowest BCUT2D eigenvalue weighted by Crippen LogP contribution is -2.29. The lowest BCUT2D eigenvalue weighted by atomic mass is 10.1. The second-order valence-corrected chi connectivity index (χ2v) is 5.12. The summed E-state index contributed by atoms with van der Waals surface area (Å²) in [6, 6.07) is 5.53. The first-order valence-corrected chi connectivity index (χ1v) is 6.59. The van der Waals surface area contributed by atoms with Gasteiger partial charge in [-0.25, -0.2) is 4.39 Å². The lowest BCUT2D eigenvalue weighted by molar-refractivity contribution is 0.234. The first-order valence-electron chi connectivity index (χ1n) is 6.59. The Morgan fingerprint density at radius 2 is 2.16 bits per heavy atom. The lowest BCUT2D eigenvalue weighted by Gasteiger charge is -2.24. The van der Waals surface area contributed by atoms with Crippen LogP contribution in [0.4, 0.5) is 4.39 Å². The molecule has 0 amide bonds. The van der Waals surface area contributed by atoms with Gasteiger partial charge in [0.05, 0.1) is 5.56 Å². The van der Waals surface area contributed by atoms with E-state index in [1.165, 1.54) is 31.7 Å². The van der Waals surface area contributed by atoms with E-state index in [9.17, 15) is 4.39 Å². The molecule has 5 heteroatoms. The molecule has 0 aliphatic heterocycles. The molecule has 104 valence electrons. The summed E-state index contributed by atoms with van der Waals surface area (Å²) in [5.41, 5.74) is 6.20. The van der Waals surface area contributed by atoms with Crippen molar-refractivity contribution in [1.29, 1.82) is 0 Å². The summed E-state index contributed by atoms with van der Waals surface area (Å²) >= 11 is 0. The van der Waals surface area contributed by atoms with Gasteiger partial charge in [-0.05, 0) is 26.0 Å². The van der Waals surface area contributed by atoms with Crippen LogP contribution < -0.4 is 5.73 Å². The van der Waals surface area contributed by atoms with Crippen LogP contribution >= 0.6 is 0 Å². The van der Waals surface area contributed by atoms with Crippen molar-refractivity contribution < 1.29 is 9.60 Å². The molecule has 3 N–H and O–H groups in total. The van der Waals surface area contributed by atoms with Gasteiger partial charge in [0.2, 0.25) is 0 Å². The fourth-order valence-corrected chi connectivity index (χ4v) is 2.70. The first-order chi connectivity index (χ1) is 9.13. The van der Waals surface area contributed by atoms with Crippen molar-refractivity contribution in [2.24, 2.45) is 10.9 Å². The molecule has 0 saturated heterocycles. The smallest absolute Gasteiger partial charge is 0.173 e. The molecule has 1 aliphatic rings. The van der Waals surface area contributed by atoms with Crippen LogP contribution in [-0.4, -0.2) is 29.0 Å². The summed E-state index contributed by atoms with van der Waals surface area (Å²) in [5.74, 6) is -0.592. The van der Waals surface area contributed by atoms with E-state index in [0.717, 1.165) is 0 Å². The average Bonchev–Trinajstić information content (AvgIpc) is 2.94. The van der Waals surface area contributed by atoms with Gasteiger partial charge in [-0.2, -0.15) is 0 Å². The average molecular weight is 265 g/mol. The highest BCUT2D eigenvalue weighted by molar-refractivity contribution is 5.97. The molecule has 0 spiro atoms. The number of amidine groups is 1. The van der Waals surface area contributed by atoms with Crippen LogP contribution in [-0.2, 0) is 6.54 Å². The second kappa shape index (κ2) is 6.02. The summed E-state index contributed by atoms with van der Waals surface area (Å²) in [4.78, 5) is 2.18. The van der Waals surface area contributed by atoms with Crippen molar-refractivity contribution in [3.8, 4) is 0 Å². The van der Waals surface area contributed by atoms with E-state index in [0.29, 0.717) is 18.2 Å². The Morgan fingerprint density at radius 1 is 1.47 bits per heavy atom. The molecule has 0 radical (unpaired) electrons. The van der Waals surface area contributed by atoms with Crippen molar-refractivity contribution in [1.82, 2.24) is 4.90 Å². The molecular weight excluding hydrogens is 245 g/mol. The van der Waals surface area contributed by atoms with Crippen LogP contribution in [0, 0.1) is 5.82 Å². The van der Waals surface area contributed by atoms with Gasteiger partial charge in [-0.3, -0.25) is 4.90 Å². The minimum atomic E-state index is -0.400. The fraction of sp³-hybridized carbons (Fsp3) is 0.500. The fourth-order valence-electron chi connectivity index (χ4n) is 2.70. The highest BCUT2D eigenvalue weighted by atomic mass is 19.1. The molecule has 1 saturated carbocycles. The molecule has 0 heterocycles. The molecule has 0 aromatic heterocycles. The maximum Gasteiger partial charge on any atom is 0.173 e. The van der Waals surface area contributed by atoms with Crippen molar-refractivity contribution >= 4 is 5.84 Å². The summed E-state index contributed by atoms with van der Waals surface area (Å²) < 4.78 is 14.3. The maximum absolute atomic E-state index is 14.3. The van der Waals surface area contributed by atoms with Crippen LogP contribution in [0.15, 0.2) is 23.4 Å². The van der Waals surface area contributed by atoms with Crippen molar-refractivity contribution in [2.45, 2.75) is 38.3 Å². The molecule has 0 unspecified atom stereocenters. The predicted octanol–water partition coefficient (Wildman–Crippen LogP) is 2.29. The van der Waals surface area contributed by atoms with E-state index in [-0.39, 0.29) is 11.4 Å². The Labute approximate surface area is 112 Å². The third-order valence-electron chi connectivity index (χ3n) is 3.83. The van der Waals surface area contributed by atoms with Crippen molar-refractivity contribution in [3.63, 3.8) is 0 Å². The quantitative estimate of drug-likeness (QED) is 0.380. The second-order valence-electron chi connectivity index (χ2n) is 5.12. The van der Waals surface area contributed by atoms with Crippen molar-refractivity contribution in [2.75, 3.05) is 7.05 Å². The Hall–Kier alpha value is -1.62. The third kappa shape index (κ3) is 3.04. The largest absolute Gasteiger partial charge is 0.409 e. The van der Waals surface area contributed by atoms with Crippen LogP contribution in [0.5, 0.6) is 0 Å². The van der Waals surface area contributed by atoms with Crippen LogP contribution in [0.2, 0.25) is 0 Å². The first kappa shape index (κ1) is 13.8. The van der Waals surface area contributed by atoms with Gasteiger partial charge in [-0.15, -0.1) is 0 Å². The van der Waals surface area contributed by atoms with Gasteiger partial charge in [-0.1, -0.05) is 30.1 Å². The van der Waals surface area contributed by atoms with Crippen LogP contribution in [0.1, 0.15) is 36.8 Å². The Balaban J connectivity index is 2.16. The zero-order valence-corrected chi connectivity index (χ0v) is 11.1. The summed E-state index contributed by atoms with van der Waals surface area (Å²) in [5, 5.41) is 11.5. The molecule has 4 nitrogen and oxygen atoms in total. The molecular formula is C14H20FN3O. The van der Waals surface area contributed by atoms with Crippen LogP contribution in [0.3, 0.4) is 0 Å². The zero-order chi connectivity index (χ0) is 13.8. The number of nitrogens with zero attached hydrogens (tertiary/aromatic N) is 2. The Bertz CT molecular complexity index is 470. The SMILES string of the molecule is CN(Cc1cccc(/C(N)=N/O)c1F)C1CCCC1. The number of rotatable bonds is 4. The number of benzene rings is 1. The van der Waals surface area contributed by atoms with E-state index in [2.05, 4.69) is 10.1 Å². The summed E-state index contributed by atoms with van der Waals surface area (Å²) in [7, 11) is 2.02. The maximum atomic E-state index is 14.3. The molecule has 2 rings (SSSR count). The third-order valence-corrected chi connectivity index (χ3v) is 3.83. The van der Waals surface area contributed by atoms with Gasteiger partial charge in [0, 0.05) is 18.2 Å². The standard InChI is InChI=1S/C14H20FN3O/c1-18(11-6-2-3-7-11)9-10-5-4-8-12(13(10)15)14(16)17-19/h4-5,8,11,19H,2-3,6-7,9H2,1H3,(H2,16,17). The van der Waals surface area contributed by atoms with E-state index in [1.54, 1.807) is 12.1 Å². The Morgan fingerprint density at radius 3 is 2.79 bits per heavy atom.